The van der Waals surface area contributed by atoms with E-state index >= 15 is 0 Å². The molecule has 1 aliphatic heterocycles. The van der Waals surface area contributed by atoms with E-state index in [9.17, 15) is 14.7 Å². The van der Waals surface area contributed by atoms with E-state index in [2.05, 4.69) is 5.32 Å². The third kappa shape index (κ3) is 4.64. The number of ether oxygens (including phenoxy) is 1. The molecule has 0 bridgehead atoms. The lowest BCUT2D eigenvalue weighted by atomic mass is 9.58. The van der Waals surface area contributed by atoms with E-state index in [0.29, 0.717) is 26.1 Å². The number of nitrogens with two attached hydrogens (primary N) is 1. The van der Waals surface area contributed by atoms with Crippen molar-refractivity contribution in [3.05, 3.63) is 0 Å². The van der Waals surface area contributed by atoms with Gasteiger partial charge in [0.15, 0.2) is 0 Å². The Morgan fingerprint density at radius 1 is 1.36 bits per heavy atom. The van der Waals surface area contributed by atoms with Crippen LogP contribution in [-0.2, 0) is 14.3 Å². The summed E-state index contributed by atoms with van der Waals surface area (Å²) in [5.41, 5.74) is 5.57. The molecule has 0 aromatic carbocycles. The predicted molar refractivity (Wildman–Crippen MR) is 97.4 cm³/mol. The minimum atomic E-state index is -0.598. The Morgan fingerprint density at radius 2 is 1.96 bits per heavy atom. The first kappa shape index (κ1) is 22.2. The van der Waals surface area contributed by atoms with Crippen LogP contribution in [-0.4, -0.2) is 66.3 Å². The summed E-state index contributed by atoms with van der Waals surface area (Å²) in [6.45, 7) is 7.50. The van der Waals surface area contributed by atoms with E-state index in [1.54, 1.807) is 4.90 Å². The van der Waals surface area contributed by atoms with Crippen molar-refractivity contribution in [1.29, 1.82) is 0 Å². The van der Waals surface area contributed by atoms with Gasteiger partial charge in [-0.3, -0.25) is 9.59 Å². The summed E-state index contributed by atoms with van der Waals surface area (Å²) in [5, 5.41) is 12.8. The topological polar surface area (TPSA) is 105 Å². The standard InChI is InChI=1S/C17H31N3O4.ClH/c1-4-24-13-9-12(21)17(13)5-7-20(8-6-17)14(22)10-19-16(23)15(18)11(2)3;/h11-13,15,21H,4-10,18H2,1-3H3,(H,19,23);1H/t12?,13?,15-;/m0./s1. The molecule has 25 heavy (non-hydrogen) atoms. The third-order valence-electron chi connectivity index (χ3n) is 5.59. The van der Waals surface area contributed by atoms with Crippen LogP contribution in [0.1, 0.15) is 40.0 Å². The van der Waals surface area contributed by atoms with E-state index in [-0.39, 0.29) is 54.3 Å². The molecule has 3 atom stereocenters. The van der Waals surface area contributed by atoms with Gasteiger partial charge < -0.3 is 25.8 Å². The zero-order valence-electron chi connectivity index (χ0n) is 15.4. The molecule has 8 heteroatoms. The van der Waals surface area contributed by atoms with Gasteiger partial charge in [0.1, 0.15) is 0 Å². The van der Waals surface area contributed by atoms with E-state index < -0.39 is 6.04 Å². The second-order valence-corrected chi connectivity index (χ2v) is 7.30. The molecule has 4 N–H and O–H groups in total. The number of carbonyl (C=O) groups is 2. The van der Waals surface area contributed by atoms with Crippen LogP contribution >= 0.6 is 12.4 Å². The van der Waals surface area contributed by atoms with Crippen molar-refractivity contribution >= 4 is 24.2 Å². The molecule has 146 valence electrons. The number of carbonyl (C=O) groups excluding carboxylic acids is 2. The molecule has 1 spiro atoms. The number of hydrogen-bond donors (Lipinski definition) is 3. The van der Waals surface area contributed by atoms with Gasteiger partial charge in [-0.15, -0.1) is 12.4 Å². The van der Waals surface area contributed by atoms with Crippen LogP contribution in [0.3, 0.4) is 0 Å². The number of amides is 2. The summed E-state index contributed by atoms with van der Waals surface area (Å²) in [7, 11) is 0. The van der Waals surface area contributed by atoms with Crippen LogP contribution in [0.5, 0.6) is 0 Å². The van der Waals surface area contributed by atoms with Gasteiger partial charge in [-0.1, -0.05) is 13.8 Å². The average molecular weight is 378 g/mol. The summed E-state index contributed by atoms with van der Waals surface area (Å²) >= 11 is 0. The number of aliphatic hydroxyl groups is 1. The second-order valence-electron chi connectivity index (χ2n) is 7.30. The minimum absolute atomic E-state index is 0. The van der Waals surface area contributed by atoms with Crippen molar-refractivity contribution in [3.8, 4) is 0 Å². The summed E-state index contributed by atoms with van der Waals surface area (Å²) < 4.78 is 5.73. The quantitative estimate of drug-likeness (QED) is 0.617. The molecule has 7 nitrogen and oxygen atoms in total. The van der Waals surface area contributed by atoms with Gasteiger partial charge >= 0.3 is 0 Å². The molecule has 2 fully saturated rings. The van der Waals surface area contributed by atoms with Crippen LogP contribution in [0, 0.1) is 11.3 Å². The SMILES string of the molecule is CCOC1CC(O)C12CCN(C(=O)CNC(=O)[C@@H](N)C(C)C)CC2.Cl. The van der Waals surface area contributed by atoms with Gasteiger partial charge in [0.25, 0.3) is 0 Å². The molecule has 1 aliphatic carbocycles. The Hall–Kier alpha value is -0.890. The molecular weight excluding hydrogens is 346 g/mol. The van der Waals surface area contributed by atoms with Crippen molar-refractivity contribution < 1.29 is 19.4 Å². The Kier molecular flexibility index (Phi) is 8.12. The zero-order chi connectivity index (χ0) is 17.9. The molecule has 2 aliphatic rings. The lowest BCUT2D eigenvalue weighted by Gasteiger charge is -2.56. The summed E-state index contributed by atoms with van der Waals surface area (Å²) in [5.74, 6) is -0.362. The minimum Gasteiger partial charge on any atom is -0.392 e. The molecule has 2 unspecified atom stereocenters. The maximum Gasteiger partial charge on any atom is 0.241 e. The van der Waals surface area contributed by atoms with E-state index in [4.69, 9.17) is 10.5 Å². The molecule has 1 saturated heterocycles. The summed E-state index contributed by atoms with van der Waals surface area (Å²) in [6.07, 6.45) is 1.92. The van der Waals surface area contributed by atoms with Gasteiger partial charge in [-0.05, 0) is 25.7 Å². The Morgan fingerprint density at radius 3 is 2.44 bits per heavy atom. The maximum atomic E-state index is 12.3. The normalized spacial score (nSPS) is 25.9. The Balaban J connectivity index is 0.00000312. The van der Waals surface area contributed by atoms with Crippen LogP contribution in [0.2, 0.25) is 0 Å². The second kappa shape index (κ2) is 9.16. The van der Waals surface area contributed by atoms with Gasteiger partial charge in [-0.2, -0.15) is 0 Å². The fraction of sp³-hybridized carbons (Fsp3) is 0.882. The number of hydrogen-bond acceptors (Lipinski definition) is 5. The van der Waals surface area contributed by atoms with Gasteiger partial charge in [0.2, 0.25) is 11.8 Å². The molecule has 0 aromatic rings. The predicted octanol–water partition coefficient (Wildman–Crippen LogP) is 0.286. The van der Waals surface area contributed by atoms with Crippen molar-refractivity contribution in [1.82, 2.24) is 10.2 Å². The fourth-order valence-corrected chi connectivity index (χ4v) is 3.68. The lowest BCUT2D eigenvalue weighted by Crippen LogP contribution is -2.63. The smallest absolute Gasteiger partial charge is 0.241 e. The molecule has 0 radical (unpaired) electrons. The summed E-state index contributed by atoms with van der Waals surface area (Å²) in [4.78, 5) is 25.9. The average Bonchev–Trinajstić information content (AvgIpc) is 2.58. The fourth-order valence-electron chi connectivity index (χ4n) is 3.68. The summed E-state index contributed by atoms with van der Waals surface area (Å²) in [6, 6.07) is -0.598. The van der Waals surface area contributed by atoms with E-state index in [0.717, 1.165) is 12.8 Å². The van der Waals surface area contributed by atoms with Crippen molar-refractivity contribution in [3.63, 3.8) is 0 Å². The largest absolute Gasteiger partial charge is 0.392 e. The molecular formula is C17H32ClN3O4. The van der Waals surface area contributed by atoms with Gasteiger partial charge in [0.05, 0.1) is 24.8 Å². The highest BCUT2D eigenvalue weighted by Crippen LogP contribution is 2.50. The highest BCUT2D eigenvalue weighted by Gasteiger charge is 2.56. The molecule has 1 saturated carbocycles. The van der Waals surface area contributed by atoms with Crippen molar-refractivity contribution in [2.75, 3.05) is 26.2 Å². The van der Waals surface area contributed by atoms with E-state index in [1.807, 2.05) is 20.8 Å². The van der Waals surface area contributed by atoms with Crippen LogP contribution in [0.15, 0.2) is 0 Å². The molecule has 2 rings (SSSR count). The highest BCUT2D eigenvalue weighted by molar-refractivity contribution is 5.87. The monoisotopic (exact) mass is 377 g/mol. The number of halogens is 1. The maximum absolute atomic E-state index is 12.3. The van der Waals surface area contributed by atoms with Gasteiger partial charge in [0, 0.05) is 31.5 Å². The first-order valence-corrected chi connectivity index (χ1v) is 8.92. The number of nitrogens with zero attached hydrogens (tertiary/aromatic N) is 1. The zero-order valence-corrected chi connectivity index (χ0v) is 16.2. The number of nitrogens with one attached hydrogen (secondary N) is 1. The third-order valence-corrected chi connectivity index (χ3v) is 5.59. The van der Waals surface area contributed by atoms with Crippen LogP contribution < -0.4 is 11.1 Å². The number of rotatable bonds is 6. The molecule has 2 amide bonds. The van der Waals surface area contributed by atoms with E-state index in [1.165, 1.54) is 0 Å². The number of piperidine rings is 1. The van der Waals surface area contributed by atoms with Crippen molar-refractivity contribution in [2.45, 2.75) is 58.3 Å². The van der Waals surface area contributed by atoms with Gasteiger partial charge in [-0.25, -0.2) is 0 Å². The molecule has 0 aromatic heterocycles. The van der Waals surface area contributed by atoms with Crippen LogP contribution in [0.25, 0.3) is 0 Å². The first-order valence-electron chi connectivity index (χ1n) is 8.92. The lowest BCUT2D eigenvalue weighted by molar-refractivity contribution is -0.209. The molecule has 1 heterocycles. The number of likely N-dealkylation sites (tertiary alicyclic amines) is 1. The van der Waals surface area contributed by atoms with Crippen molar-refractivity contribution in [2.24, 2.45) is 17.1 Å². The first-order chi connectivity index (χ1) is 11.3. The number of aliphatic hydroxyl groups excluding tert-OH is 1. The van der Waals surface area contributed by atoms with Crippen LogP contribution in [0.4, 0.5) is 0 Å². The Bertz CT molecular complexity index is 465. The highest BCUT2D eigenvalue weighted by atomic mass is 35.5. The Labute approximate surface area is 156 Å².